The number of aromatic nitrogens is 2. The Morgan fingerprint density at radius 2 is 2.17 bits per heavy atom. The van der Waals surface area contributed by atoms with Gasteiger partial charge < -0.3 is 10.6 Å². The number of likely N-dealkylation sites (tertiary alicyclic amines) is 1. The van der Waals surface area contributed by atoms with Gasteiger partial charge in [-0.1, -0.05) is 12.1 Å². The number of benzene rings is 1. The molecule has 122 valence electrons. The SMILES string of the molecule is CC(N)C1CCCCN1C(=O)Cn1cnc2ccccc2c1=O. The fourth-order valence-electron chi connectivity index (χ4n) is 3.27. The van der Waals surface area contributed by atoms with Crippen molar-refractivity contribution in [2.75, 3.05) is 6.54 Å². The van der Waals surface area contributed by atoms with E-state index in [1.165, 1.54) is 10.9 Å². The maximum absolute atomic E-state index is 12.7. The molecule has 6 heteroatoms. The van der Waals surface area contributed by atoms with Gasteiger partial charge in [0.1, 0.15) is 6.54 Å². The molecule has 1 saturated heterocycles. The van der Waals surface area contributed by atoms with Crippen LogP contribution in [0, 0.1) is 0 Å². The van der Waals surface area contributed by atoms with Gasteiger partial charge in [0.15, 0.2) is 0 Å². The van der Waals surface area contributed by atoms with Gasteiger partial charge in [-0.15, -0.1) is 0 Å². The summed E-state index contributed by atoms with van der Waals surface area (Å²) in [6.07, 6.45) is 4.45. The van der Waals surface area contributed by atoms with E-state index in [0.717, 1.165) is 19.3 Å². The number of carbonyl (C=O) groups excluding carboxylic acids is 1. The molecule has 0 spiro atoms. The van der Waals surface area contributed by atoms with Crippen molar-refractivity contribution in [2.45, 2.75) is 44.8 Å². The van der Waals surface area contributed by atoms with Gasteiger partial charge in [-0.05, 0) is 38.3 Å². The summed E-state index contributed by atoms with van der Waals surface area (Å²) in [6.45, 7) is 2.65. The molecule has 2 atom stereocenters. The predicted molar refractivity (Wildman–Crippen MR) is 89.0 cm³/mol. The highest BCUT2D eigenvalue weighted by Crippen LogP contribution is 2.19. The third-order valence-electron chi connectivity index (χ3n) is 4.51. The minimum Gasteiger partial charge on any atom is -0.337 e. The van der Waals surface area contributed by atoms with E-state index in [1.54, 1.807) is 18.2 Å². The zero-order chi connectivity index (χ0) is 16.4. The zero-order valence-electron chi connectivity index (χ0n) is 13.3. The van der Waals surface area contributed by atoms with Crippen LogP contribution in [0.5, 0.6) is 0 Å². The lowest BCUT2D eigenvalue weighted by atomic mass is 9.97. The van der Waals surface area contributed by atoms with Gasteiger partial charge in [-0.2, -0.15) is 0 Å². The summed E-state index contributed by atoms with van der Waals surface area (Å²) in [6, 6.07) is 7.15. The molecule has 1 aliphatic heterocycles. The zero-order valence-corrected chi connectivity index (χ0v) is 13.3. The summed E-state index contributed by atoms with van der Waals surface area (Å²) in [5.41, 5.74) is 6.48. The molecule has 0 aliphatic carbocycles. The Labute approximate surface area is 134 Å². The number of amides is 1. The first kappa shape index (κ1) is 15.7. The lowest BCUT2D eigenvalue weighted by Crippen LogP contribution is -2.52. The first-order valence-electron chi connectivity index (χ1n) is 8.07. The van der Waals surface area contributed by atoms with Crippen LogP contribution in [0.25, 0.3) is 10.9 Å². The number of para-hydroxylation sites is 1. The molecule has 1 fully saturated rings. The molecule has 0 saturated carbocycles. The van der Waals surface area contributed by atoms with Crippen LogP contribution in [0.4, 0.5) is 0 Å². The van der Waals surface area contributed by atoms with E-state index in [2.05, 4.69) is 4.98 Å². The number of nitrogens with zero attached hydrogens (tertiary/aromatic N) is 3. The Hall–Kier alpha value is -2.21. The van der Waals surface area contributed by atoms with Crippen molar-refractivity contribution in [3.63, 3.8) is 0 Å². The number of fused-ring (bicyclic) bond motifs is 1. The minimum atomic E-state index is -0.182. The van der Waals surface area contributed by atoms with Crippen LogP contribution in [0.1, 0.15) is 26.2 Å². The number of hydrogen-bond acceptors (Lipinski definition) is 4. The van der Waals surface area contributed by atoms with Gasteiger partial charge >= 0.3 is 0 Å². The lowest BCUT2D eigenvalue weighted by Gasteiger charge is -2.38. The average Bonchev–Trinajstić information content (AvgIpc) is 2.57. The Morgan fingerprint density at radius 1 is 1.39 bits per heavy atom. The van der Waals surface area contributed by atoms with Gasteiger partial charge in [-0.3, -0.25) is 14.2 Å². The summed E-state index contributed by atoms with van der Waals surface area (Å²) in [4.78, 5) is 31.2. The quantitative estimate of drug-likeness (QED) is 0.920. The Bertz CT molecular complexity index is 769. The molecule has 2 unspecified atom stereocenters. The molecule has 6 nitrogen and oxygen atoms in total. The first-order chi connectivity index (χ1) is 11.1. The van der Waals surface area contributed by atoms with Crippen LogP contribution in [0.3, 0.4) is 0 Å². The van der Waals surface area contributed by atoms with E-state index >= 15 is 0 Å². The van der Waals surface area contributed by atoms with Gasteiger partial charge in [-0.25, -0.2) is 4.98 Å². The van der Waals surface area contributed by atoms with Crippen LogP contribution in [0.15, 0.2) is 35.4 Å². The fourth-order valence-corrected chi connectivity index (χ4v) is 3.27. The summed E-state index contributed by atoms with van der Waals surface area (Å²) in [5, 5.41) is 0.533. The molecule has 23 heavy (non-hydrogen) atoms. The van der Waals surface area contributed by atoms with E-state index in [0.29, 0.717) is 17.4 Å². The predicted octanol–water partition coefficient (Wildman–Crippen LogP) is 1.12. The highest BCUT2D eigenvalue weighted by atomic mass is 16.2. The van der Waals surface area contributed by atoms with Crippen molar-refractivity contribution >= 4 is 16.8 Å². The van der Waals surface area contributed by atoms with E-state index in [-0.39, 0.29) is 30.1 Å². The second-order valence-electron chi connectivity index (χ2n) is 6.20. The molecule has 1 aromatic carbocycles. The Kier molecular flexibility index (Phi) is 4.43. The standard InChI is InChI=1S/C17H22N4O2/c1-12(18)15-8-4-5-9-21(15)16(22)10-20-11-19-14-7-3-2-6-13(14)17(20)23/h2-3,6-7,11-12,15H,4-5,8-10,18H2,1H3. The van der Waals surface area contributed by atoms with E-state index in [1.807, 2.05) is 17.9 Å². The second kappa shape index (κ2) is 6.50. The van der Waals surface area contributed by atoms with Crippen molar-refractivity contribution in [3.8, 4) is 0 Å². The molecular formula is C17H22N4O2. The summed E-state index contributed by atoms with van der Waals surface area (Å²) in [7, 11) is 0. The average molecular weight is 314 g/mol. The second-order valence-corrected chi connectivity index (χ2v) is 6.20. The highest BCUT2D eigenvalue weighted by Gasteiger charge is 2.29. The van der Waals surface area contributed by atoms with Crippen molar-refractivity contribution in [3.05, 3.63) is 40.9 Å². The summed E-state index contributed by atoms with van der Waals surface area (Å²) < 4.78 is 1.39. The van der Waals surface area contributed by atoms with Crippen molar-refractivity contribution in [1.29, 1.82) is 0 Å². The van der Waals surface area contributed by atoms with Crippen LogP contribution >= 0.6 is 0 Å². The third kappa shape index (κ3) is 3.12. The van der Waals surface area contributed by atoms with Gasteiger partial charge in [0, 0.05) is 18.6 Å². The van der Waals surface area contributed by atoms with Crippen LogP contribution in [0.2, 0.25) is 0 Å². The van der Waals surface area contributed by atoms with Gasteiger partial charge in [0.05, 0.1) is 17.2 Å². The maximum Gasteiger partial charge on any atom is 0.261 e. The van der Waals surface area contributed by atoms with Crippen LogP contribution < -0.4 is 11.3 Å². The van der Waals surface area contributed by atoms with Crippen molar-refractivity contribution in [1.82, 2.24) is 14.5 Å². The minimum absolute atomic E-state index is 0.0138. The van der Waals surface area contributed by atoms with Crippen LogP contribution in [-0.4, -0.2) is 39.0 Å². The Morgan fingerprint density at radius 3 is 2.96 bits per heavy atom. The van der Waals surface area contributed by atoms with Crippen LogP contribution in [-0.2, 0) is 11.3 Å². The molecule has 0 radical (unpaired) electrons. The summed E-state index contributed by atoms with van der Waals surface area (Å²) >= 11 is 0. The molecule has 2 N–H and O–H groups in total. The topological polar surface area (TPSA) is 81.2 Å². The number of piperidine rings is 1. The third-order valence-corrected chi connectivity index (χ3v) is 4.51. The maximum atomic E-state index is 12.7. The highest BCUT2D eigenvalue weighted by molar-refractivity contribution is 5.79. The van der Waals surface area contributed by atoms with Gasteiger partial charge in [0.25, 0.3) is 5.56 Å². The number of carbonyl (C=O) groups is 1. The molecule has 1 aliphatic rings. The normalized spacial score (nSPS) is 19.7. The monoisotopic (exact) mass is 314 g/mol. The smallest absolute Gasteiger partial charge is 0.261 e. The van der Waals surface area contributed by atoms with Gasteiger partial charge in [0.2, 0.25) is 5.91 Å². The van der Waals surface area contributed by atoms with Crippen molar-refractivity contribution in [2.24, 2.45) is 5.73 Å². The Balaban J connectivity index is 1.85. The van der Waals surface area contributed by atoms with E-state index in [4.69, 9.17) is 5.73 Å². The molecule has 3 rings (SSSR count). The first-order valence-corrected chi connectivity index (χ1v) is 8.07. The fraction of sp³-hybridized carbons (Fsp3) is 0.471. The molecule has 1 amide bonds. The van der Waals surface area contributed by atoms with Crippen molar-refractivity contribution < 1.29 is 4.79 Å². The molecule has 2 heterocycles. The van der Waals surface area contributed by atoms with E-state index < -0.39 is 0 Å². The van der Waals surface area contributed by atoms with E-state index in [9.17, 15) is 9.59 Å². The molecule has 0 bridgehead atoms. The number of hydrogen-bond donors (Lipinski definition) is 1. The number of nitrogens with two attached hydrogens (primary N) is 1. The molecule has 2 aromatic rings. The molecule has 1 aromatic heterocycles. The molecular weight excluding hydrogens is 292 g/mol. The lowest BCUT2D eigenvalue weighted by molar-refractivity contribution is -0.136. The largest absolute Gasteiger partial charge is 0.337 e. The summed E-state index contributed by atoms with van der Waals surface area (Å²) in [5.74, 6) is -0.0637. The number of rotatable bonds is 3.